The van der Waals surface area contributed by atoms with E-state index in [2.05, 4.69) is 25.8 Å². The highest BCUT2D eigenvalue weighted by Crippen LogP contribution is 2.43. The molecule has 5 nitrogen and oxygen atoms in total. The van der Waals surface area contributed by atoms with Gasteiger partial charge in [0.05, 0.1) is 10.9 Å². The zero-order valence-corrected chi connectivity index (χ0v) is 17.5. The van der Waals surface area contributed by atoms with Gasteiger partial charge in [0.1, 0.15) is 11.3 Å². The number of rotatable bonds is 4. The number of oxazole rings is 1. The molecule has 1 heterocycles. The number of Topliss-reactive ketones (excluding diaryl/α,β-unsaturated/α-hetero) is 1. The topological polar surface area (TPSA) is 69.4 Å². The largest absolute Gasteiger partial charge is 0.441 e. The second-order valence-corrected chi connectivity index (χ2v) is 8.95. The Morgan fingerprint density at radius 1 is 1.14 bits per heavy atom. The van der Waals surface area contributed by atoms with Gasteiger partial charge in [-0.3, -0.25) is 9.59 Å². The molecule has 0 bridgehead atoms. The molecular formula is C23H22ClNO4. The van der Waals surface area contributed by atoms with E-state index in [1.54, 1.807) is 31.2 Å². The van der Waals surface area contributed by atoms with Crippen LogP contribution in [0.25, 0.3) is 11.1 Å². The molecule has 1 aromatic heterocycles. The first-order valence-corrected chi connectivity index (χ1v) is 9.94. The van der Waals surface area contributed by atoms with Gasteiger partial charge in [-0.2, -0.15) is 0 Å². The maximum atomic E-state index is 12.8. The van der Waals surface area contributed by atoms with E-state index in [1.807, 2.05) is 12.1 Å². The van der Waals surface area contributed by atoms with E-state index in [9.17, 15) is 9.59 Å². The fraction of sp³-hybridized carbons (Fsp3) is 0.348. The smallest absolute Gasteiger partial charge is 0.315 e. The van der Waals surface area contributed by atoms with Crippen molar-refractivity contribution in [1.29, 1.82) is 0 Å². The van der Waals surface area contributed by atoms with Gasteiger partial charge in [-0.15, -0.1) is 0 Å². The van der Waals surface area contributed by atoms with Crippen molar-refractivity contribution in [3.8, 4) is 5.75 Å². The second kappa shape index (κ2) is 6.99. The molecule has 1 fully saturated rings. The van der Waals surface area contributed by atoms with E-state index in [0.29, 0.717) is 39.7 Å². The van der Waals surface area contributed by atoms with E-state index >= 15 is 0 Å². The van der Waals surface area contributed by atoms with E-state index < -0.39 is 11.8 Å². The standard InChI is InChI=1S/C23H22ClNO4/c1-12-25-20-18(24)9-13(10-19(20)28-12)21(26)16-11-17(16)22(27)29-15-7-5-14(6-8-15)23(2,3)4/h5-10,16-17H,11H2,1-4H3/t16-,17-/m0/s1. The van der Waals surface area contributed by atoms with Crippen LogP contribution in [0.1, 0.15) is 49.0 Å². The summed E-state index contributed by atoms with van der Waals surface area (Å²) in [5, 5.41) is 0.362. The molecule has 150 valence electrons. The number of aryl methyl sites for hydroxylation is 1. The van der Waals surface area contributed by atoms with Crippen LogP contribution in [0.5, 0.6) is 5.75 Å². The van der Waals surface area contributed by atoms with Crippen LogP contribution in [-0.4, -0.2) is 16.7 Å². The third-order valence-electron chi connectivity index (χ3n) is 5.21. The SMILES string of the molecule is Cc1nc2c(Cl)cc(C(=O)[C@H]3C[C@@H]3C(=O)Oc3ccc(C(C)(C)C)cc3)cc2o1. The Balaban J connectivity index is 1.44. The number of carbonyl (C=O) groups excluding carboxylic acids is 2. The molecule has 0 aliphatic heterocycles. The number of ketones is 1. The van der Waals surface area contributed by atoms with Gasteiger partial charge in [0, 0.05) is 18.4 Å². The number of halogens is 1. The molecule has 1 aliphatic carbocycles. The van der Waals surface area contributed by atoms with Gasteiger partial charge in [0.25, 0.3) is 0 Å². The summed E-state index contributed by atoms with van der Waals surface area (Å²) in [7, 11) is 0. The Morgan fingerprint density at radius 3 is 2.48 bits per heavy atom. The monoisotopic (exact) mass is 411 g/mol. The van der Waals surface area contributed by atoms with Crippen LogP contribution in [0.2, 0.25) is 5.02 Å². The van der Waals surface area contributed by atoms with Gasteiger partial charge in [0.2, 0.25) is 0 Å². The van der Waals surface area contributed by atoms with Crippen molar-refractivity contribution in [3.05, 3.63) is 58.4 Å². The van der Waals surface area contributed by atoms with Crippen LogP contribution < -0.4 is 4.74 Å². The average Bonchev–Trinajstić information content (AvgIpc) is 3.36. The highest BCUT2D eigenvalue weighted by Gasteiger charge is 2.49. The Morgan fingerprint density at radius 2 is 1.83 bits per heavy atom. The predicted molar refractivity (Wildman–Crippen MR) is 110 cm³/mol. The van der Waals surface area contributed by atoms with E-state index in [0.717, 1.165) is 5.56 Å². The lowest BCUT2D eigenvalue weighted by molar-refractivity contribution is -0.136. The van der Waals surface area contributed by atoms with Crippen molar-refractivity contribution in [2.75, 3.05) is 0 Å². The molecule has 0 radical (unpaired) electrons. The van der Waals surface area contributed by atoms with E-state index in [4.69, 9.17) is 20.8 Å². The van der Waals surface area contributed by atoms with Crippen LogP contribution in [0.4, 0.5) is 0 Å². The van der Waals surface area contributed by atoms with Crippen LogP contribution >= 0.6 is 11.6 Å². The van der Waals surface area contributed by atoms with Crippen LogP contribution in [0.15, 0.2) is 40.8 Å². The van der Waals surface area contributed by atoms with Gasteiger partial charge in [-0.05, 0) is 41.7 Å². The van der Waals surface area contributed by atoms with Crippen molar-refractivity contribution in [1.82, 2.24) is 4.98 Å². The highest BCUT2D eigenvalue weighted by atomic mass is 35.5. The quantitative estimate of drug-likeness (QED) is 0.321. The van der Waals surface area contributed by atoms with Gasteiger partial charge >= 0.3 is 5.97 Å². The molecule has 6 heteroatoms. The number of carbonyl (C=O) groups is 2. The van der Waals surface area contributed by atoms with E-state index in [1.165, 1.54) is 0 Å². The Kier molecular flexibility index (Phi) is 4.74. The van der Waals surface area contributed by atoms with Crippen molar-refractivity contribution in [3.63, 3.8) is 0 Å². The van der Waals surface area contributed by atoms with E-state index in [-0.39, 0.29) is 17.2 Å². The molecule has 4 rings (SSSR count). The number of fused-ring (bicyclic) bond motifs is 1. The summed E-state index contributed by atoms with van der Waals surface area (Å²) >= 11 is 6.23. The maximum absolute atomic E-state index is 12.8. The van der Waals surface area contributed by atoms with Gasteiger partial charge in [-0.1, -0.05) is 44.5 Å². The molecule has 2 atom stereocenters. The molecule has 29 heavy (non-hydrogen) atoms. The summed E-state index contributed by atoms with van der Waals surface area (Å²) in [6.45, 7) is 8.09. The minimum atomic E-state index is -0.435. The summed E-state index contributed by atoms with van der Waals surface area (Å²) in [6, 6.07) is 10.7. The molecule has 0 spiro atoms. The minimum absolute atomic E-state index is 0.0287. The maximum Gasteiger partial charge on any atom is 0.315 e. The van der Waals surface area contributed by atoms with Gasteiger partial charge < -0.3 is 9.15 Å². The molecule has 0 unspecified atom stereocenters. The molecule has 3 aromatic rings. The number of nitrogens with zero attached hydrogens (tertiary/aromatic N) is 1. The first-order valence-electron chi connectivity index (χ1n) is 9.56. The summed E-state index contributed by atoms with van der Waals surface area (Å²) in [5.41, 5.74) is 2.62. The van der Waals surface area contributed by atoms with Crippen molar-refractivity contribution < 1.29 is 18.7 Å². The Labute approximate surface area is 174 Å². The fourth-order valence-electron chi connectivity index (χ4n) is 3.42. The molecule has 2 aromatic carbocycles. The summed E-state index contributed by atoms with van der Waals surface area (Å²) in [5.74, 6) is -0.369. The fourth-order valence-corrected chi connectivity index (χ4v) is 3.67. The minimum Gasteiger partial charge on any atom is -0.441 e. The lowest BCUT2D eigenvalue weighted by atomic mass is 9.87. The first kappa shape index (κ1) is 19.6. The zero-order valence-electron chi connectivity index (χ0n) is 16.8. The average molecular weight is 412 g/mol. The van der Waals surface area contributed by atoms with Gasteiger partial charge in [0.15, 0.2) is 17.3 Å². The second-order valence-electron chi connectivity index (χ2n) is 8.55. The van der Waals surface area contributed by atoms with Crippen molar-refractivity contribution in [2.24, 2.45) is 11.8 Å². The molecule has 0 saturated heterocycles. The first-order chi connectivity index (χ1) is 13.6. The zero-order chi connectivity index (χ0) is 20.9. The van der Waals surface area contributed by atoms with Crippen molar-refractivity contribution >= 4 is 34.5 Å². The molecule has 1 aliphatic rings. The van der Waals surface area contributed by atoms with Crippen LogP contribution in [0, 0.1) is 18.8 Å². The predicted octanol–water partition coefficient (Wildman–Crippen LogP) is 5.51. The molecular weight excluding hydrogens is 390 g/mol. The summed E-state index contributed by atoms with van der Waals surface area (Å²) in [4.78, 5) is 29.5. The third-order valence-corrected chi connectivity index (χ3v) is 5.50. The number of esters is 1. The number of hydrogen-bond acceptors (Lipinski definition) is 5. The van der Waals surface area contributed by atoms with Crippen LogP contribution in [0.3, 0.4) is 0 Å². The third kappa shape index (κ3) is 3.92. The number of hydrogen-bond donors (Lipinski definition) is 0. The molecule has 0 amide bonds. The van der Waals surface area contributed by atoms with Crippen molar-refractivity contribution in [2.45, 2.75) is 39.5 Å². The number of aromatic nitrogens is 1. The Bertz CT molecular complexity index is 1110. The highest BCUT2D eigenvalue weighted by molar-refractivity contribution is 6.35. The molecule has 0 N–H and O–H groups in total. The summed E-state index contributed by atoms with van der Waals surface area (Å²) in [6.07, 6.45) is 0.475. The lowest BCUT2D eigenvalue weighted by Gasteiger charge is -2.19. The number of ether oxygens (including phenoxy) is 1. The lowest BCUT2D eigenvalue weighted by Crippen LogP contribution is -2.15. The van der Waals surface area contributed by atoms with Gasteiger partial charge in [-0.25, -0.2) is 4.98 Å². The summed E-state index contributed by atoms with van der Waals surface area (Å²) < 4.78 is 11.0. The molecule has 1 saturated carbocycles. The van der Waals surface area contributed by atoms with Crippen LogP contribution in [-0.2, 0) is 10.2 Å². The Hall–Kier alpha value is -2.66. The normalized spacial score (nSPS) is 18.7. The number of benzene rings is 2.